The molecule has 2 atom stereocenters. The lowest BCUT2D eigenvalue weighted by molar-refractivity contribution is 0.394. The van der Waals surface area contributed by atoms with Crippen LogP contribution in [0, 0.1) is 11.8 Å². The van der Waals surface area contributed by atoms with Crippen LogP contribution in [0.25, 0.3) is 10.9 Å². The lowest BCUT2D eigenvalue weighted by atomic mass is 9.82. The summed E-state index contributed by atoms with van der Waals surface area (Å²) in [6.07, 6.45) is 10.9. The highest BCUT2D eigenvalue weighted by Gasteiger charge is 2.24. The number of fused-ring (bicyclic) bond motifs is 3. The predicted molar refractivity (Wildman–Crippen MR) is 109 cm³/mol. The molecule has 0 saturated heterocycles. The fourth-order valence-electron chi connectivity index (χ4n) is 4.32. The van der Waals surface area contributed by atoms with Crippen molar-refractivity contribution in [1.29, 1.82) is 0 Å². The van der Waals surface area contributed by atoms with Crippen LogP contribution in [-0.4, -0.2) is 4.98 Å². The molecule has 1 nitrogen and oxygen atoms in total. The standard InChI is InChI=1S/C22H32BrN/c1-15(2)6-4-7-16(3)10-11-17-8-5-9-19-20-14-18(23)12-13-21(20)24-22(17)19/h12-17,24H,4-11H2,1-3H3. The second-order valence-corrected chi connectivity index (χ2v) is 9.22. The first-order chi connectivity index (χ1) is 11.5. The SMILES string of the molecule is CC(C)CCCC(C)CCC1CCCc2c1[nH]c1ccc(Br)cc21. The minimum atomic E-state index is 0.743. The molecule has 24 heavy (non-hydrogen) atoms. The van der Waals surface area contributed by atoms with Crippen LogP contribution >= 0.6 is 15.9 Å². The molecular formula is C22H32BrN. The Bertz CT molecular complexity index is 670. The van der Waals surface area contributed by atoms with Crippen molar-refractivity contribution in [3.05, 3.63) is 33.9 Å². The molecule has 0 fully saturated rings. The number of rotatable bonds is 7. The summed E-state index contributed by atoms with van der Waals surface area (Å²) in [7, 11) is 0. The van der Waals surface area contributed by atoms with E-state index in [2.05, 4.69) is 59.9 Å². The van der Waals surface area contributed by atoms with Crippen molar-refractivity contribution in [2.24, 2.45) is 11.8 Å². The topological polar surface area (TPSA) is 15.8 Å². The van der Waals surface area contributed by atoms with Gasteiger partial charge in [-0.3, -0.25) is 0 Å². The Hall–Kier alpha value is -0.760. The van der Waals surface area contributed by atoms with Gasteiger partial charge in [-0.2, -0.15) is 0 Å². The van der Waals surface area contributed by atoms with E-state index in [1.807, 2.05) is 0 Å². The van der Waals surface area contributed by atoms with Crippen molar-refractivity contribution in [1.82, 2.24) is 4.98 Å². The Kier molecular flexibility index (Phi) is 6.07. The van der Waals surface area contributed by atoms with Gasteiger partial charge in [-0.25, -0.2) is 0 Å². The van der Waals surface area contributed by atoms with Gasteiger partial charge < -0.3 is 4.98 Å². The number of nitrogens with one attached hydrogen (secondary N) is 1. The second kappa shape index (κ2) is 8.08. The van der Waals surface area contributed by atoms with E-state index in [0.29, 0.717) is 0 Å². The van der Waals surface area contributed by atoms with Crippen molar-refractivity contribution < 1.29 is 0 Å². The third-order valence-electron chi connectivity index (χ3n) is 5.78. The lowest BCUT2D eigenvalue weighted by Gasteiger charge is -2.24. The quantitative estimate of drug-likeness (QED) is 0.501. The van der Waals surface area contributed by atoms with Gasteiger partial charge >= 0.3 is 0 Å². The van der Waals surface area contributed by atoms with Crippen molar-refractivity contribution >= 4 is 26.8 Å². The molecule has 1 N–H and O–H groups in total. The van der Waals surface area contributed by atoms with Gasteiger partial charge in [-0.1, -0.05) is 62.4 Å². The van der Waals surface area contributed by atoms with Crippen LogP contribution in [0.2, 0.25) is 0 Å². The number of hydrogen-bond donors (Lipinski definition) is 1. The van der Waals surface area contributed by atoms with Crippen molar-refractivity contribution in [2.45, 2.75) is 78.1 Å². The summed E-state index contributed by atoms with van der Waals surface area (Å²) in [6, 6.07) is 6.67. The number of hydrogen-bond acceptors (Lipinski definition) is 0. The number of benzene rings is 1. The van der Waals surface area contributed by atoms with Gasteiger partial charge in [-0.05, 0) is 67.2 Å². The smallest absolute Gasteiger partial charge is 0.0459 e. The van der Waals surface area contributed by atoms with Gasteiger partial charge in [0.05, 0.1) is 0 Å². The number of aromatic amines is 1. The molecule has 2 unspecified atom stereocenters. The molecule has 1 heterocycles. The third kappa shape index (κ3) is 4.25. The summed E-state index contributed by atoms with van der Waals surface area (Å²) in [6.45, 7) is 7.12. The van der Waals surface area contributed by atoms with E-state index in [1.165, 1.54) is 66.7 Å². The van der Waals surface area contributed by atoms with Crippen molar-refractivity contribution in [3.63, 3.8) is 0 Å². The number of halogens is 1. The molecule has 3 rings (SSSR count). The van der Waals surface area contributed by atoms with Crippen molar-refractivity contribution in [3.8, 4) is 0 Å². The van der Waals surface area contributed by atoms with E-state index < -0.39 is 0 Å². The Morgan fingerprint density at radius 3 is 2.79 bits per heavy atom. The highest BCUT2D eigenvalue weighted by molar-refractivity contribution is 9.10. The molecular weight excluding hydrogens is 358 g/mol. The van der Waals surface area contributed by atoms with Crippen LogP contribution in [0.4, 0.5) is 0 Å². The first-order valence-electron chi connectivity index (χ1n) is 9.84. The maximum Gasteiger partial charge on any atom is 0.0459 e. The molecule has 0 aliphatic heterocycles. The van der Waals surface area contributed by atoms with Crippen LogP contribution in [0.3, 0.4) is 0 Å². The van der Waals surface area contributed by atoms with Crippen LogP contribution in [0.5, 0.6) is 0 Å². The van der Waals surface area contributed by atoms with Gasteiger partial charge in [0.2, 0.25) is 0 Å². The first kappa shape index (κ1) is 18.0. The zero-order valence-corrected chi connectivity index (χ0v) is 17.1. The van der Waals surface area contributed by atoms with Gasteiger partial charge in [0.15, 0.2) is 0 Å². The zero-order valence-electron chi connectivity index (χ0n) is 15.5. The Balaban J connectivity index is 1.63. The average Bonchev–Trinajstić information content (AvgIpc) is 2.91. The van der Waals surface area contributed by atoms with Crippen LogP contribution in [0.1, 0.15) is 82.9 Å². The summed E-state index contributed by atoms with van der Waals surface area (Å²) >= 11 is 3.63. The van der Waals surface area contributed by atoms with E-state index in [0.717, 1.165) is 17.8 Å². The largest absolute Gasteiger partial charge is 0.358 e. The second-order valence-electron chi connectivity index (χ2n) is 8.30. The minimum absolute atomic E-state index is 0.743. The predicted octanol–water partition coefficient (Wildman–Crippen LogP) is 7.59. The van der Waals surface area contributed by atoms with Gasteiger partial charge in [0.1, 0.15) is 0 Å². The number of aryl methyl sites for hydroxylation is 1. The van der Waals surface area contributed by atoms with E-state index in [1.54, 1.807) is 11.3 Å². The molecule has 2 aromatic rings. The molecule has 1 aliphatic rings. The molecule has 0 bridgehead atoms. The number of H-pyrrole nitrogens is 1. The van der Waals surface area contributed by atoms with Gasteiger partial charge in [0.25, 0.3) is 0 Å². The molecule has 1 aromatic heterocycles. The summed E-state index contributed by atoms with van der Waals surface area (Å²) < 4.78 is 1.19. The molecule has 0 spiro atoms. The van der Waals surface area contributed by atoms with Gasteiger partial charge in [-0.15, -0.1) is 0 Å². The van der Waals surface area contributed by atoms with E-state index in [9.17, 15) is 0 Å². The van der Waals surface area contributed by atoms with Crippen LogP contribution < -0.4 is 0 Å². The molecule has 0 amide bonds. The fraction of sp³-hybridized carbons (Fsp3) is 0.636. The van der Waals surface area contributed by atoms with Crippen LogP contribution in [0.15, 0.2) is 22.7 Å². The Morgan fingerprint density at radius 1 is 1.17 bits per heavy atom. The summed E-state index contributed by atoms with van der Waals surface area (Å²) in [5, 5.41) is 1.44. The Morgan fingerprint density at radius 2 is 2.00 bits per heavy atom. The molecule has 0 saturated carbocycles. The fourth-order valence-corrected chi connectivity index (χ4v) is 4.68. The first-order valence-corrected chi connectivity index (χ1v) is 10.6. The summed E-state index contributed by atoms with van der Waals surface area (Å²) in [5.74, 6) is 2.46. The normalized spacial score (nSPS) is 19.0. The lowest BCUT2D eigenvalue weighted by Crippen LogP contribution is -2.10. The molecule has 1 aromatic carbocycles. The zero-order chi connectivity index (χ0) is 17.1. The maximum absolute atomic E-state index is 3.75. The van der Waals surface area contributed by atoms with Crippen LogP contribution in [-0.2, 0) is 6.42 Å². The molecule has 2 heteroatoms. The maximum atomic E-state index is 3.75. The number of aromatic nitrogens is 1. The highest BCUT2D eigenvalue weighted by Crippen LogP contribution is 2.39. The molecule has 132 valence electrons. The van der Waals surface area contributed by atoms with E-state index in [4.69, 9.17) is 0 Å². The van der Waals surface area contributed by atoms with Crippen molar-refractivity contribution in [2.75, 3.05) is 0 Å². The molecule has 1 aliphatic carbocycles. The Labute approximate surface area is 155 Å². The third-order valence-corrected chi connectivity index (χ3v) is 6.27. The summed E-state index contributed by atoms with van der Waals surface area (Å²) in [5.41, 5.74) is 4.46. The highest BCUT2D eigenvalue weighted by atomic mass is 79.9. The van der Waals surface area contributed by atoms with E-state index >= 15 is 0 Å². The average molecular weight is 390 g/mol. The van der Waals surface area contributed by atoms with Gasteiger partial charge in [0, 0.05) is 21.1 Å². The summed E-state index contributed by atoms with van der Waals surface area (Å²) in [4.78, 5) is 3.75. The van der Waals surface area contributed by atoms with E-state index in [-0.39, 0.29) is 0 Å². The monoisotopic (exact) mass is 389 g/mol. The molecule has 0 radical (unpaired) electrons. The minimum Gasteiger partial charge on any atom is -0.358 e.